The summed E-state index contributed by atoms with van der Waals surface area (Å²) in [7, 11) is 0. The lowest BCUT2D eigenvalue weighted by Gasteiger charge is -2.37. The molecule has 0 bridgehead atoms. The highest BCUT2D eigenvalue weighted by molar-refractivity contribution is 7.76. The van der Waals surface area contributed by atoms with Crippen LogP contribution in [0.5, 0.6) is 0 Å². The van der Waals surface area contributed by atoms with E-state index in [4.69, 9.17) is 11.6 Å². The van der Waals surface area contributed by atoms with Gasteiger partial charge in [0, 0.05) is 36.9 Å². The van der Waals surface area contributed by atoms with Gasteiger partial charge in [-0.05, 0) is 18.2 Å². The summed E-state index contributed by atoms with van der Waals surface area (Å²) in [5, 5.41) is 0.477. The van der Waals surface area contributed by atoms with Crippen LogP contribution >= 0.6 is 11.6 Å². The number of amides is 1. The number of carbonyl (C=O) groups excluding carboxylic acids is 1. The number of carbonyl (C=O) groups is 1. The lowest BCUT2D eigenvalue weighted by molar-refractivity contribution is 0.220. The van der Waals surface area contributed by atoms with E-state index in [1.807, 2.05) is 24.3 Å². The van der Waals surface area contributed by atoms with Crippen LogP contribution in [0.2, 0.25) is 5.02 Å². The molecular formula is C11H12ClN2OS-. The van der Waals surface area contributed by atoms with E-state index in [0.29, 0.717) is 13.1 Å². The van der Waals surface area contributed by atoms with Gasteiger partial charge in [-0.25, -0.2) is 0 Å². The van der Waals surface area contributed by atoms with Gasteiger partial charge in [-0.1, -0.05) is 17.7 Å². The van der Waals surface area contributed by atoms with Crippen molar-refractivity contribution in [2.75, 3.05) is 31.1 Å². The maximum Gasteiger partial charge on any atom is 0.101 e. The summed E-state index contributed by atoms with van der Waals surface area (Å²) in [5.74, 6) is 0. The fourth-order valence-corrected chi connectivity index (χ4v) is 2.19. The number of benzene rings is 1. The van der Waals surface area contributed by atoms with E-state index in [2.05, 4.69) is 17.5 Å². The molecule has 0 aromatic heterocycles. The smallest absolute Gasteiger partial charge is 0.101 e. The van der Waals surface area contributed by atoms with Gasteiger partial charge in [0.15, 0.2) is 0 Å². The highest BCUT2D eigenvalue weighted by Crippen LogP contribution is 2.20. The Morgan fingerprint density at radius 1 is 1.25 bits per heavy atom. The molecule has 0 aliphatic carbocycles. The Morgan fingerprint density at radius 3 is 2.50 bits per heavy atom. The van der Waals surface area contributed by atoms with E-state index < -0.39 is 0 Å². The third kappa shape index (κ3) is 2.57. The van der Waals surface area contributed by atoms with Crippen molar-refractivity contribution in [2.24, 2.45) is 0 Å². The van der Waals surface area contributed by atoms with Crippen LogP contribution in [0.25, 0.3) is 0 Å². The Labute approximate surface area is 105 Å². The second-order valence-corrected chi connectivity index (χ2v) is 4.51. The predicted molar refractivity (Wildman–Crippen MR) is 68.0 cm³/mol. The molecule has 1 heterocycles. The number of nitrogens with zero attached hydrogens (tertiary/aromatic N) is 2. The monoisotopic (exact) mass is 255 g/mol. The number of halogens is 1. The first-order chi connectivity index (χ1) is 7.66. The molecule has 1 fully saturated rings. The maximum atomic E-state index is 11.0. The standard InChI is InChI=1S/C11H13ClN2OS/c12-9-2-1-3-10(8-9)13-4-6-14(7-5-13)11(15)16/h1-3,8H,4-7H2,(H,15,16)/p-1. The minimum atomic E-state index is -0.259. The highest BCUT2D eigenvalue weighted by atomic mass is 35.5. The van der Waals surface area contributed by atoms with E-state index in [1.165, 1.54) is 0 Å². The quantitative estimate of drug-likeness (QED) is 0.719. The van der Waals surface area contributed by atoms with Gasteiger partial charge in [-0.3, -0.25) is 0 Å². The van der Waals surface area contributed by atoms with Gasteiger partial charge < -0.3 is 27.2 Å². The Balaban J connectivity index is 2.01. The summed E-state index contributed by atoms with van der Waals surface area (Å²) < 4.78 is 0. The van der Waals surface area contributed by atoms with Crippen LogP contribution in [0, 0.1) is 0 Å². The average Bonchev–Trinajstić information content (AvgIpc) is 2.29. The van der Waals surface area contributed by atoms with Crippen LogP contribution in [-0.4, -0.2) is 36.3 Å². The molecule has 5 heteroatoms. The molecule has 2 rings (SSSR count). The Morgan fingerprint density at radius 2 is 1.94 bits per heavy atom. The molecule has 16 heavy (non-hydrogen) atoms. The van der Waals surface area contributed by atoms with E-state index >= 15 is 0 Å². The topological polar surface area (TPSA) is 23.6 Å². The SMILES string of the molecule is O=C([S-])N1CCN(c2cccc(Cl)c2)CC1. The molecule has 0 saturated carbocycles. The van der Waals surface area contributed by atoms with Crippen LogP contribution in [0.15, 0.2) is 24.3 Å². The van der Waals surface area contributed by atoms with Gasteiger partial charge in [-0.15, -0.1) is 0 Å². The molecule has 0 unspecified atom stereocenters. The zero-order valence-corrected chi connectivity index (χ0v) is 10.3. The van der Waals surface area contributed by atoms with Crippen LogP contribution in [-0.2, 0) is 12.6 Å². The number of hydrogen-bond acceptors (Lipinski definition) is 3. The van der Waals surface area contributed by atoms with Gasteiger partial charge in [0.2, 0.25) is 0 Å². The fourth-order valence-electron chi connectivity index (χ4n) is 1.82. The zero-order chi connectivity index (χ0) is 11.5. The van der Waals surface area contributed by atoms with Crippen LogP contribution in [0.4, 0.5) is 10.5 Å². The van der Waals surface area contributed by atoms with Crippen molar-refractivity contribution in [2.45, 2.75) is 0 Å². The van der Waals surface area contributed by atoms with Gasteiger partial charge in [0.1, 0.15) is 5.24 Å². The molecule has 1 saturated heterocycles. The van der Waals surface area contributed by atoms with E-state index in [9.17, 15) is 4.79 Å². The number of hydrogen-bond donors (Lipinski definition) is 0. The first-order valence-electron chi connectivity index (χ1n) is 5.13. The second-order valence-electron chi connectivity index (χ2n) is 3.72. The minimum Gasteiger partial charge on any atom is -0.719 e. The summed E-state index contributed by atoms with van der Waals surface area (Å²) in [6.45, 7) is 3.00. The summed E-state index contributed by atoms with van der Waals surface area (Å²) in [6, 6.07) is 7.75. The third-order valence-corrected chi connectivity index (χ3v) is 3.20. The van der Waals surface area contributed by atoms with Crippen LogP contribution < -0.4 is 4.90 Å². The maximum absolute atomic E-state index is 11.0. The number of anilines is 1. The largest absolute Gasteiger partial charge is 0.719 e. The average molecular weight is 256 g/mol. The Hall–Kier alpha value is -1.00. The molecule has 0 N–H and O–H groups in total. The molecule has 3 nitrogen and oxygen atoms in total. The summed E-state index contributed by atoms with van der Waals surface area (Å²) in [5.41, 5.74) is 1.10. The first kappa shape index (κ1) is 11.5. The Bertz CT molecular complexity index is 391. The summed E-state index contributed by atoms with van der Waals surface area (Å²) in [4.78, 5) is 14.9. The minimum absolute atomic E-state index is 0.259. The van der Waals surface area contributed by atoms with Crippen LogP contribution in [0.3, 0.4) is 0 Å². The summed E-state index contributed by atoms with van der Waals surface area (Å²) in [6.07, 6.45) is 0. The molecule has 0 atom stereocenters. The third-order valence-electron chi connectivity index (χ3n) is 2.71. The summed E-state index contributed by atoms with van der Waals surface area (Å²) >= 11 is 10.6. The number of piperazine rings is 1. The molecule has 86 valence electrons. The van der Waals surface area contributed by atoms with Gasteiger partial charge in [-0.2, -0.15) is 0 Å². The number of rotatable bonds is 1. The molecule has 1 amide bonds. The van der Waals surface area contributed by atoms with Crippen molar-refractivity contribution in [1.29, 1.82) is 0 Å². The lowest BCUT2D eigenvalue weighted by Crippen LogP contribution is -2.47. The first-order valence-corrected chi connectivity index (χ1v) is 5.92. The van der Waals surface area contributed by atoms with Crippen molar-refractivity contribution in [3.05, 3.63) is 29.3 Å². The molecule has 1 aromatic rings. The van der Waals surface area contributed by atoms with E-state index in [-0.39, 0.29) is 5.24 Å². The lowest BCUT2D eigenvalue weighted by atomic mass is 10.2. The second kappa shape index (κ2) is 4.89. The molecule has 0 spiro atoms. The molecular weight excluding hydrogens is 244 g/mol. The van der Waals surface area contributed by atoms with E-state index in [0.717, 1.165) is 23.8 Å². The van der Waals surface area contributed by atoms with Gasteiger partial charge in [0.05, 0.1) is 0 Å². The predicted octanol–water partition coefficient (Wildman–Crippen LogP) is 2.13. The van der Waals surface area contributed by atoms with Crippen molar-refractivity contribution < 1.29 is 4.79 Å². The zero-order valence-electron chi connectivity index (χ0n) is 8.73. The molecule has 1 aliphatic heterocycles. The normalized spacial score (nSPS) is 16.3. The van der Waals surface area contributed by atoms with Gasteiger partial charge in [0.25, 0.3) is 0 Å². The molecule has 1 aromatic carbocycles. The Kier molecular flexibility index (Phi) is 3.51. The van der Waals surface area contributed by atoms with Crippen molar-refractivity contribution in [1.82, 2.24) is 4.90 Å². The van der Waals surface area contributed by atoms with Crippen molar-refractivity contribution in [3.63, 3.8) is 0 Å². The molecule has 1 aliphatic rings. The van der Waals surface area contributed by atoms with Crippen molar-refractivity contribution in [3.8, 4) is 0 Å². The van der Waals surface area contributed by atoms with E-state index in [1.54, 1.807) is 4.90 Å². The van der Waals surface area contributed by atoms with Crippen molar-refractivity contribution >= 4 is 35.2 Å². The van der Waals surface area contributed by atoms with Crippen LogP contribution in [0.1, 0.15) is 0 Å². The fraction of sp³-hybridized carbons (Fsp3) is 0.364. The molecule has 0 radical (unpaired) electrons. The highest BCUT2D eigenvalue weighted by Gasteiger charge is 2.16. The van der Waals surface area contributed by atoms with Gasteiger partial charge >= 0.3 is 0 Å².